The molecule has 0 aromatic heterocycles. The van der Waals surface area contributed by atoms with Crippen molar-refractivity contribution in [2.45, 2.75) is 39.3 Å². The third kappa shape index (κ3) is 8.58. The number of carbonyl (C=O) groups excluding carboxylic acids is 5. The Morgan fingerprint density at radius 3 is 2.46 bits per heavy atom. The summed E-state index contributed by atoms with van der Waals surface area (Å²) in [6, 6.07) is 9.08. The highest BCUT2D eigenvalue weighted by Gasteiger charge is 2.29. The summed E-state index contributed by atoms with van der Waals surface area (Å²) in [5.74, 6) is -0.515. The van der Waals surface area contributed by atoms with E-state index in [2.05, 4.69) is 16.0 Å². The lowest BCUT2D eigenvalue weighted by molar-refractivity contribution is -0.137. The fourth-order valence-corrected chi connectivity index (χ4v) is 5.09. The molecule has 0 unspecified atom stereocenters. The Morgan fingerprint density at radius 1 is 0.978 bits per heavy atom. The molecule has 5 amide bonds. The molecule has 0 radical (unpaired) electrons. The lowest BCUT2D eigenvalue weighted by atomic mass is 10.0. The van der Waals surface area contributed by atoms with Gasteiger partial charge in [0.05, 0.1) is 39.4 Å². The van der Waals surface area contributed by atoms with E-state index in [9.17, 15) is 24.0 Å². The largest absolute Gasteiger partial charge is 0.496 e. The van der Waals surface area contributed by atoms with Gasteiger partial charge < -0.3 is 39.8 Å². The second-order valence-electron chi connectivity index (χ2n) is 11.2. The molecule has 2 bridgehead atoms. The number of hydrogen-bond acceptors (Lipinski definition) is 9. The summed E-state index contributed by atoms with van der Waals surface area (Å²) in [6.45, 7) is 4.02. The molecule has 46 heavy (non-hydrogen) atoms. The minimum absolute atomic E-state index is 0.00366. The van der Waals surface area contributed by atoms with Gasteiger partial charge in [-0.25, -0.2) is 4.79 Å². The number of ether oxygens (including phenoxy) is 4. The zero-order valence-electron chi connectivity index (χ0n) is 26.6. The smallest absolute Gasteiger partial charge is 0.410 e. The maximum absolute atomic E-state index is 13.4. The Kier molecular flexibility index (Phi) is 11.7. The van der Waals surface area contributed by atoms with Crippen LogP contribution in [0, 0.1) is 5.92 Å². The average molecular weight is 640 g/mol. The van der Waals surface area contributed by atoms with Gasteiger partial charge in [-0.15, -0.1) is 0 Å². The van der Waals surface area contributed by atoms with Gasteiger partial charge in [0.15, 0.2) is 11.5 Å². The molecular weight excluding hydrogens is 598 g/mol. The van der Waals surface area contributed by atoms with Gasteiger partial charge >= 0.3 is 6.09 Å². The van der Waals surface area contributed by atoms with E-state index >= 15 is 0 Å². The van der Waals surface area contributed by atoms with Crippen LogP contribution in [0.4, 0.5) is 4.79 Å². The molecular formula is C32H41N5O9. The fraction of sp³-hybridized carbons (Fsp3) is 0.469. The average Bonchev–Trinajstić information content (AvgIpc) is 3.44. The lowest BCUT2D eigenvalue weighted by Crippen LogP contribution is -2.53. The Morgan fingerprint density at radius 2 is 1.76 bits per heavy atom. The first kappa shape index (κ1) is 33.9. The Bertz CT molecular complexity index is 1450. The number of nitrogens with one attached hydrogen (secondary N) is 3. The van der Waals surface area contributed by atoms with Gasteiger partial charge in [0.1, 0.15) is 30.7 Å². The topological polar surface area (TPSA) is 165 Å². The molecule has 2 aromatic carbocycles. The number of rotatable bonds is 5. The molecule has 14 heteroatoms. The van der Waals surface area contributed by atoms with Crippen LogP contribution in [0.15, 0.2) is 36.4 Å². The van der Waals surface area contributed by atoms with Crippen molar-refractivity contribution < 1.29 is 42.9 Å². The summed E-state index contributed by atoms with van der Waals surface area (Å²) in [5, 5.41) is 8.51. The van der Waals surface area contributed by atoms with Crippen LogP contribution in [0.25, 0.3) is 0 Å². The first-order chi connectivity index (χ1) is 22.1. The number of methoxy groups -OCH3 is 2. The number of benzene rings is 2. The highest BCUT2D eigenvalue weighted by atomic mass is 16.6. The predicted molar refractivity (Wildman–Crippen MR) is 166 cm³/mol. The van der Waals surface area contributed by atoms with E-state index in [0.717, 1.165) is 0 Å². The van der Waals surface area contributed by atoms with Gasteiger partial charge in [0, 0.05) is 18.7 Å². The van der Waals surface area contributed by atoms with Crippen molar-refractivity contribution >= 4 is 29.7 Å². The number of cyclic esters (lactones) is 1. The van der Waals surface area contributed by atoms with Crippen molar-refractivity contribution in [3.63, 3.8) is 0 Å². The summed E-state index contributed by atoms with van der Waals surface area (Å²) in [4.78, 5) is 67.5. The van der Waals surface area contributed by atoms with Crippen LogP contribution in [0.5, 0.6) is 23.0 Å². The summed E-state index contributed by atoms with van der Waals surface area (Å²) in [6.07, 6.45) is 0.385. The van der Waals surface area contributed by atoms with Crippen LogP contribution in [0.3, 0.4) is 0 Å². The molecule has 0 saturated carbocycles. The lowest BCUT2D eigenvalue weighted by Gasteiger charge is -2.27. The molecule has 4 rings (SSSR count). The van der Waals surface area contributed by atoms with Crippen LogP contribution in [0.1, 0.15) is 42.6 Å². The molecule has 248 valence electrons. The van der Waals surface area contributed by atoms with E-state index in [1.807, 2.05) is 0 Å². The number of amides is 5. The minimum atomic E-state index is -0.908. The monoisotopic (exact) mass is 639 g/mol. The summed E-state index contributed by atoms with van der Waals surface area (Å²) in [5.41, 5.74) is 0.865. The minimum Gasteiger partial charge on any atom is -0.496 e. The van der Waals surface area contributed by atoms with E-state index in [4.69, 9.17) is 18.9 Å². The summed E-state index contributed by atoms with van der Waals surface area (Å²) < 4.78 is 22.2. The standard InChI is InChI=1S/C32H41N5O9/c1-20(2)29-31(41)34-17-22-23(43-3)8-7-9-24(22)46-26-16-21(10-11-25(26)44-4)30(40)33-12-5-6-13-36(18-27(38)35-29)28(39)19-37-14-15-45-32(37)42/h7-11,16,20,29H,5-6,12-15,17-19H2,1-4H3,(H,33,40)(H,34,41)(H,35,38)/t29-/m1/s1. The van der Waals surface area contributed by atoms with Gasteiger partial charge in [-0.2, -0.15) is 0 Å². The third-order valence-corrected chi connectivity index (χ3v) is 7.66. The maximum Gasteiger partial charge on any atom is 0.410 e. The molecule has 3 N–H and O–H groups in total. The van der Waals surface area contributed by atoms with Crippen molar-refractivity contribution in [2.75, 3.05) is 53.6 Å². The zero-order valence-corrected chi connectivity index (χ0v) is 26.6. The van der Waals surface area contributed by atoms with Gasteiger partial charge in [0.2, 0.25) is 17.7 Å². The highest BCUT2D eigenvalue weighted by molar-refractivity contribution is 5.95. The first-order valence-electron chi connectivity index (χ1n) is 15.2. The van der Waals surface area contributed by atoms with Crippen LogP contribution in [-0.2, 0) is 25.7 Å². The number of fused-ring (bicyclic) bond motifs is 3. The molecule has 2 aliphatic heterocycles. The molecule has 1 saturated heterocycles. The van der Waals surface area contributed by atoms with Gasteiger partial charge in [-0.05, 0) is 49.1 Å². The third-order valence-electron chi connectivity index (χ3n) is 7.66. The molecule has 2 heterocycles. The molecule has 1 atom stereocenters. The molecule has 2 aromatic rings. The maximum atomic E-state index is 13.4. The van der Waals surface area contributed by atoms with E-state index < -0.39 is 29.9 Å². The van der Waals surface area contributed by atoms with E-state index in [1.165, 1.54) is 24.0 Å². The van der Waals surface area contributed by atoms with Crippen LogP contribution in [-0.4, -0.2) is 99.1 Å². The summed E-state index contributed by atoms with van der Waals surface area (Å²) >= 11 is 0. The van der Waals surface area contributed by atoms with Crippen molar-refractivity contribution in [3.05, 3.63) is 47.5 Å². The van der Waals surface area contributed by atoms with E-state index in [1.54, 1.807) is 50.2 Å². The van der Waals surface area contributed by atoms with Crippen LogP contribution >= 0.6 is 0 Å². The second-order valence-corrected chi connectivity index (χ2v) is 11.2. The van der Waals surface area contributed by atoms with Crippen LogP contribution in [0.2, 0.25) is 0 Å². The normalized spacial score (nSPS) is 18.4. The van der Waals surface area contributed by atoms with E-state index in [0.29, 0.717) is 47.8 Å². The molecule has 2 aliphatic rings. The highest BCUT2D eigenvalue weighted by Crippen LogP contribution is 2.37. The Balaban J connectivity index is 1.63. The number of carbonyl (C=O) groups is 5. The predicted octanol–water partition coefficient (Wildman–Crippen LogP) is 2.06. The van der Waals surface area contributed by atoms with E-state index in [-0.39, 0.29) is 56.9 Å². The molecule has 0 spiro atoms. The van der Waals surface area contributed by atoms with Crippen molar-refractivity contribution in [2.24, 2.45) is 5.92 Å². The van der Waals surface area contributed by atoms with Crippen molar-refractivity contribution in [1.82, 2.24) is 25.8 Å². The Hall–Kier alpha value is -5.01. The Labute approximate surface area is 267 Å². The zero-order chi connectivity index (χ0) is 33.2. The SMILES string of the molecule is COc1ccc2cc1Oc1cccc(OC)c1CNC(=O)[C@@H](C(C)C)NC(=O)CN(C(=O)CN1CCOC1=O)CCCCNC2=O. The van der Waals surface area contributed by atoms with Crippen LogP contribution < -0.4 is 30.2 Å². The van der Waals surface area contributed by atoms with Gasteiger partial charge in [0.25, 0.3) is 5.91 Å². The molecule has 0 aliphatic carbocycles. The quantitative estimate of drug-likeness (QED) is 0.444. The number of nitrogens with zero attached hydrogens (tertiary/aromatic N) is 2. The number of hydrogen-bond donors (Lipinski definition) is 3. The fourth-order valence-electron chi connectivity index (χ4n) is 5.09. The first-order valence-corrected chi connectivity index (χ1v) is 15.2. The molecule has 1 fully saturated rings. The van der Waals surface area contributed by atoms with Gasteiger partial charge in [-0.3, -0.25) is 24.1 Å². The molecule has 14 nitrogen and oxygen atoms in total. The second kappa shape index (κ2) is 15.8. The van der Waals surface area contributed by atoms with Crippen molar-refractivity contribution in [3.8, 4) is 23.0 Å². The van der Waals surface area contributed by atoms with Gasteiger partial charge in [-0.1, -0.05) is 19.9 Å². The summed E-state index contributed by atoms with van der Waals surface area (Å²) in [7, 11) is 2.99. The van der Waals surface area contributed by atoms with Crippen molar-refractivity contribution in [1.29, 1.82) is 0 Å².